The smallest absolute Gasteiger partial charge is 0.414 e. The molecule has 2 heterocycles. The number of carbonyl (C=O) groups excluding carboxylic acids is 1. The van der Waals surface area contributed by atoms with E-state index in [2.05, 4.69) is 43.4 Å². The zero-order valence-corrected chi connectivity index (χ0v) is 23.4. The van der Waals surface area contributed by atoms with Gasteiger partial charge in [0.15, 0.2) is 0 Å². The summed E-state index contributed by atoms with van der Waals surface area (Å²) in [6, 6.07) is 15.9. The molecule has 40 heavy (non-hydrogen) atoms. The van der Waals surface area contributed by atoms with Gasteiger partial charge in [-0.1, -0.05) is 48.5 Å². The molecule has 0 aliphatic carbocycles. The number of piperazine rings is 1. The first kappa shape index (κ1) is 28.6. The molecule has 1 aliphatic heterocycles. The van der Waals surface area contributed by atoms with Gasteiger partial charge in [-0.25, -0.2) is 9.59 Å². The minimum atomic E-state index is -1.07. The predicted molar refractivity (Wildman–Crippen MR) is 154 cm³/mol. The first-order valence-electron chi connectivity index (χ1n) is 12.8. The number of aliphatic carboxylic acids is 1. The molecule has 0 bridgehead atoms. The minimum absolute atomic E-state index is 0.0236. The summed E-state index contributed by atoms with van der Waals surface area (Å²) in [7, 11) is 3.17. The molecule has 1 aliphatic rings. The highest BCUT2D eigenvalue weighted by Gasteiger charge is 2.24. The van der Waals surface area contributed by atoms with Crippen LogP contribution in [0.3, 0.4) is 0 Å². The largest absolute Gasteiger partial charge is 0.480 e. The third kappa shape index (κ3) is 7.38. The molecule has 2 N–H and O–H groups in total. The summed E-state index contributed by atoms with van der Waals surface area (Å²) in [5.74, 6) is -0.240. The van der Waals surface area contributed by atoms with Crippen LogP contribution < -0.4 is 15.0 Å². The number of aromatic nitrogens is 3. The molecule has 12 heteroatoms. The number of amides is 1. The number of hydrogen-bond donors (Lipinski definition) is 2. The number of anilines is 2. The molecule has 1 saturated heterocycles. The Morgan fingerprint density at radius 1 is 1.05 bits per heavy atom. The summed E-state index contributed by atoms with van der Waals surface area (Å²) in [6.07, 6.45) is 1.75. The molecule has 210 valence electrons. The van der Waals surface area contributed by atoms with Gasteiger partial charge in [0.05, 0.1) is 0 Å². The van der Waals surface area contributed by atoms with Crippen molar-refractivity contribution in [3.8, 4) is 5.75 Å². The van der Waals surface area contributed by atoms with Crippen molar-refractivity contribution in [3.05, 3.63) is 77.1 Å². The van der Waals surface area contributed by atoms with Crippen LogP contribution in [0.4, 0.5) is 16.7 Å². The summed E-state index contributed by atoms with van der Waals surface area (Å²) >= 11 is 6.21. The second kappa shape index (κ2) is 13.1. The van der Waals surface area contributed by atoms with Gasteiger partial charge >= 0.3 is 12.1 Å². The van der Waals surface area contributed by atoms with Crippen molar-refractivity contribution in [1.29, 1.82) is 0 Å². The number of carboxylic acids is 1. The van der Waals surface area contributed by atoms with E-state index in [0.717, 1.165) is 24.2 Å². The fourth-order valence-corrected chi connectivity index (χ4v) is 4.47. The number of rotatable bonds is 9. The Bertz CT molecular complexity index is 1340. The summed E-state index contributed by atoms with van der Waals surface area (Å²) < 4.78 is 5.21. The summed E-state index contributed by atoms with van der Waals surface area (Å²) in [6.45, 7) is 4.89. The van der Waals surface area contributed by atoms with E-state index >= 15 is 0 Å². The molecule has 4 rings (SSSR count). The van der Waals surface area contributed by atoms with Crippen molar-refractivity contribution in [3.63, 3.8) is 0 Å². The van der Waals surface area contributed by atoms with E-state index in [0.29, 0.717) is 24.8 Å². The molecular formula is C28H32ClN7O4. The van der Waals surface area contributed by atoms with Gasteiger partial charge in [-0.05, 0) is 41.8 Å². The van der Waals surface area contributed by atoms with E-state index < -0.39 is 18.1 Å². The number of halogens is 1. The van der Waals surface area contributed by atoms with Gasteiger partial charge in [0.2, 0.25) is 17.2 Å². The number of carboxylic acid groups (broad SMARTS) is 1. The fourth-order valence-electron chi connectivity index (χ4n) is 4.31. The Labute approximate surface area is 238 Å². The van der Waals surface area contributed by atoms with Gasteiger partial charge in [-0.2, -0.15) is 15.0 Å². The lowest BCUT2D eigenvalue weighted by Gasteiger charge is -2.37. The van der Waals surface area contributed by atoms with Gasteiger partial charge in [-0.3, -0.25) is 0 Å². The Kier molecular flexibility index (Phi) is 9.39. The predicted octanol–water partition coefficient (Wildman–Crippen LogP) is 3.88. The van der Waals surface area contributed by atoms with Crippen molar-refractivity contribution >= 4 is 41.3 Å². The minimum Gasteiger partial charge on any atom is -0.480 e. The molecule has 0 unspecified atom stereocenters. The molecule has 3 aromatic rings. The van der Waals surface area contributed by atoms with Gasteiger partial charge < -0.3 is 29.9 Å². The molecule has 1 amide bonds. The highest BCUT2D eigenvalue weighted by atomic mass is 35.5. The lowest BCUT2D eigenvalue weighted by Crippen LogP contribution is -2.46. The Hall–Kier alpha value is -4.38. The normalized spacial score (nSPS) is 14.4. The van der Waals surface area contributed by atoms with Gasteiger partial charge in [-0.15, -0.1) is 0 Å². The van der Waals surface area contributed by atoms with E-state index in [-0.39, 0.29) is 17.7 Å². The molecule has 1 fully saturated rings. The van der Waals surface area contributed by atoms with Crippen LogP contribution in [0.2, 0.25) is 5.28 Å². The number of hydrogen-bond acceptors (Lipinski definition) is 9. The van der Waals surface area contributed by atoms with E-state index in [1.165, 1.54) is 10.6 Å². The van der Waals surface area contributed by atoms with Crippen LogP contribution in [0.25, 0.3) is 5.70 Å². The topological polar surface area (TPSA) is 124 Å². The SMILES string of the molecule is CC=C(c1ccccc1)N1CCN(c2nc(Cl)nc(N[C@@H](Cc3ccc(OC(=O)N(C)C)cc3)C(=O)O)n2)CC1. The van der Waals surface area contributed by atoms with Crippen LogP contribution in [0.15, 0.2) is 60.7 Å². The maximum atomic E-state index is 12.0. The third-order valence-electron chi connectivity index (χ3n) is 6.38. The molecule has 0 radical (unpaired) electrons. The summed E-state index contributed by atoms with van der Waals surface area (Å²) in [5.41, 5.74) is 3.06. The van der Waals surface area contributed by atoms with Crippen molar-refractivity contribution < 1.29 is 19.4 Å². The lowest BCUT2D eigenvalue weighted by molar-refractivity contribution is -0.137. The van der Waals surface area contributed by atoms with Crippen LogP contribution in [0.5, 0.6) is 5.75 Å². The van der Waals surface area contributed by atoms with Crippen LogP contribution in [-0.4, -0.2) is 88.2 Å². The number of allylic oxidation sites excluding steroid dienone is 1. The van der Waals surface area contributed by atoms with Gasteiger partial charge in [0, 0.05) is 52.4 Å². The highest BCUT2D eigenvalue weighted by Crippen LogP contribution is 2.23. The Morgan fingerprint density at radius 3 is 2.33 bits per heavy atom. The fraction of sp³-hybridized carbons (Fsp3) is 0.321. The molecule has 1 aromatic heterocycles. The first-order chi connectivity index (χ1) is 19.2. The second-order valence-corrected chi connectivity index (χ2v) is 9.73. The van der Waals surface area contributed by atoms with E-state index in [1.807, 2.05) is 30.0 Å². The number of nitrogens with zero attached hydrogens (tertiary/aromatic N) is 6. The van der Waals surface area contributed by atoms with Crippen LogP contribution in [-0.2, 0) is 11.2 Å². The molecular weight excluding hydrogens is 534 g/mol. The van der Waals surface area contributed by atoms with Crippen molar-refractivity contribution in [2.24, 2.45) is 0 Å². The zero-order chi connectivity index (χ0) is 28.6. The number of benzene rings is 2. The highest BCUT2D eigenvalue weighted by molar-refractivity contribution is 6.28. The summed E-state index contributed by atoms with van der Waals surface area (Å²) in [5, 5.41) is 12.7. The average molecular weight is 566 g/mol. The zero-order valence-electron chi connectivity index (χ0n) is 22.6. The monoisotopic (exact) mass is 565 g/mol. The quantitative estimate of drug-likeness (QED) is 0.395. The van der Waals surface area contributed by atoms with Crippen LogP contribution >= 0.6 is 11.6 Å². The Balaban J connectivity index is 1.41. The van der Waals surface area contributed by atoms with Crippen molar-refractivity contribution in [2.45, 2.75) is 19.4 Å². The molecule has 1 atom stereocenters. The third-order valence-corrected chi connectivity index (χ3v) is 6.55. The first-order valence-corrected chi connectivity index (χ1v) is 13.2. The lowest BCUT2D eigenvalue weighted by atomic mass is 10.1. The Morgan fingerprint density at radius 2 is 1.73 bits per heavy atom. The average Bonchev–Trinajstić information content (AvgIpc) is 2.94. The molecule has 2 aromatic carbocycles. The standard InChI is InChI=1S/C28H32ClN7O4/c1-4-23(20-8-6-5-7-9-20)35-14-16-36(17-15-35)27-32-25(29)31-26(33-27)30-22(24(37)38)18-19-10-12-21(13-11-19)40-28(39)34(2)3/h4-13,22H,14-18H2,1-3H3,(H,37,38)(H,30,31,32,33)/t22-/m0/s1. The van der Waals surface area contributed by atoms with E-state index in [4.69, 9.17) is 16.3 Å². The van der Waals surface area contributed by atoms with Crippen LogP contribution in [0.1, 0.15) is 18.1 Å². The van der Waals surface area contributed by atoms with E-state index in [9.17, 15) is 14.7 Å². The number of nitrogens with one attached hydrogen (secondary N) is 1. The molecule has 0 saturated carbocycles. The van der Waals surface area contributed by atoms with Gasteiger partial charge in [0.1, 0.15) is 11.8 Å². The maximum Gasteiger partial charge on any atom is 0.414 e. The van der Waals surface area contributed by atoms with Crippen molar-refractivity contribution in [2.75, 3.05) is 50.5 Å². The molecule has 11 nitrogen and oxygen atoms in total. The van der Waals surface area contributed by atoms with Gasteiger partial charge in [0.25, 0.3) is 0 Å². The second-order valence-electron chi connectivity index (χ2n) is 9.39. The number of ether oxygens (including phenoxy) is 1. The molecule has 0 spiro atoms. The van der Waals surface area contributed by atoms with E-state index in [1.54, 1.807) is 38.4 Å². The number of carbonyl (C=O) groups is 2. The van der Waals surface area contributed by atoms with Crippen LogP contribution in [0, 0.1) is 0 Å². The maximum absolute atomic E-state index is 12.0. The van der Waals surface area contributed by atoms with Crippen molar-refractivity contribution in [1.82, 2.24) is 24.8 Å². The summed E-state index contributed by atoms with van der Waals surface area (Å²) in [4.78, 5) is 42.3.